The van der Waals surface area contributed by atoms with Crippen molar-refractivity contribution in [3.05, 3.63) is 132 Å². The van der Waals surface area contributed by atoms with Crippen molar-refractivity contribution in [2.45, 2.75) is 24.3 Å². The van der Waals surface area contributed by atoms with Crippen molar-refractivity contribution in [1.29, 1.82) is 0 Å². The quantitative estimate of drug-likeness (QED) is 0.172. The van der Waals surface area contributed by atoms with Crippen LogP contribution in [-0.2, 0) is 22.7 Å². The molecule has 1 amide bonds. The number of methoxy groups -OCH3 is 1. The maximum absolute atomic E-state index is 13.1. The maximum atomic E-state index is 13.1. The Morgan fingerprint density at radius 2 is 1.44 bits per heavy atom. The second kappa shape index (κ2) is 14.3. The molecule has 0 fully saturated rings. The molecule has 0 unspecified atom stereocenters. The van der Waals surface area contributed by atoms with E-state index in [1.54, 1.807) is 7.11 Å². The highest BCUT2D eigenvalue weighted by Crippen LogP contribution is 2.30. The topological polar surface area (TPSA) is 78.3 Å². The van der Waals surface area contributed by atoms with Crippen LogP contribution in [0.2, 0.25) is 0 Å². The number of amides is 1. The van der Waals surface area contributed by atoms with E-state index < -0.39 is 0 Å². The highest BCUT2D eigenvalue weighted by molar-refractivity contribution is 7.99. The first-order valence-electron chi connectivity index (χ1n) is 13.4. The molecule has 1 N–H and O–H groups in total. The van der Waals surface area contributed by atoms with E-state index in [4.69, 9.17) is 9.47 Å². The molecule has 0 saturated heterocycles. The summed E-state index contributed by atoms with van der Waals surface area (Å²) in [6, 6.07) is 37.8. The summed E-state index contributed by atoms with van der Waals surface area (Å²) in [5.74, 6) is 1.53. The number of para-hydroxylation sites is 1. The molecule has 208 valence electrons. The van der Waals surface area contributed by atoms with E-state index >= 15 is 0 Å². The number of rotatable bonds is 13. The molecule has 41 heavy (non-hydrogen) atoms. The predicted octanol–water partition coefficient (Wildman–Crippen LogP) is 6.17. The van der Waals surface area contributed by atoms with Crippen LogP contribution in [0.15, 0.2) is 120 Å². The van der Waals surface area contributed by atoms with Crippen LogP contribution in [0, 0.1) is 0 Å². The molecule has 5 rings (SSSR count). The molecule has 0 aliphatic rings. The monoisotopic (exact) mass is 564 g/mol. The van der Waals surface area contributed by atoms with E-state index in [-0.39, 0.29) is 24.3 Å². The van der Waals surface area contributed by atoms with Gasteiger partial charge in [0.05, 0.1) is 18.4 Å². The molecule has 0 radical (unpaired) electrons. The lowest BCUT2D eigenvalue weighted by Gasteiger charge is -2.20. The van der Waals surface area contributed by atoms with E-state index in [1.807, 2.05) is 108 Å². The third kappa shape index (κ3) is 7.42. The molecule has 0 aliphatic heterocycles. The molecule has 8 heteroatoms. The molecular formula is C33H32N4O3S. The lowest BCUT2D eigenvalue weighted by atomic mass is 9.99. The maximum Gasteiger partial charge on any atom is 0.231 e. The Labute approximate surface area is 244 Å². The molecule has 0 bridgehead atoms. The fourth-order valence-electron chi connectivity index (χ4n) is 4.51. The Hall–Kier alpha value is -4.40. The fraction of sp³-hybridized carbons (Fsp3) is 0.182. The molecule has 0 saturated carbocycles. The number of nitrogens with one attached hydrogen (secondary N) is 1. The molecule has 0 aliphatic carbocycles. The molecule has 0 atom stereocenters. The predicted molar refractivity (Wildman–Crippen MR) is 162 cm³/mol. The van der Waals surface area contributed by atoms with Crippen molar-refractivity contribution in [3.8, 4) is 16.9 Å². The van der Waals surface area contributed by atoms with Crippen LogP contribution < -0.4 is 10.1 Å². The summed E-state index contributed by atoms with van der Waals surface area (Å²) in [4.78, 5) is 13.1. The summed E-state index contributed by atoms with van der Waals surface area (Å²) in [6.45, 7) is 1.26. The Morgan fingerprint density at radius 1 is 0.829 bits per heavy atom. The fourth-order valence-corrected chi connectivity index (χ4v) is 5.31. The smallest absolute Gasteiger partial charge is 0.231 e. The van der Waals surface area contributed by atoms with Gasteiger partial charge in [-0.1, -0.05) is 121 Å². The number of hydrogen-bond acceptors (Lipinski definition) is 6. The lowest BCUT2D eigenvalue weighted by molar-refractivity contribution is -0.119. The average Bonchev–Trinajstić information content (AvgIpc) is 3.43. The number of thioether (sulfide) groups is 1. The van der Waals surface area contributed by atoms with E-state index in [2.05, 4.69) is 27.6 Å². The Morgan fingerprint density at radius 3 is 2.10 bits per heavy atom. The van der Waals surface area contributed by atoms with Crippen molar-refractivity contribution in [2.24, 2.45) is 0 Å². The van der Waals surface area contributed by atoms with Gasteiger partial charge >= 0.3 is 0 Å². The highest BCUT2D eigenvalue weighted by atomic mass is 32.2. The first-order valence-corrected chi connectivity index (χ1v) is 14.4. The lowest BCUT2D eigenvalue weighted by Crippen LogP contribution is -2.30. The number of aromatic nitrogens is 3. The molecule has 1 aromatic heterocycles. The van der Waals surface area contributed by atoms with Gasteiger partial charge in [0.2, 0.25) is 5.91 Å². The van der Waals surface area contributed by atoms with Crippen molar-refractivity contribution >= 4 is 17.7 Å². The summed E-state index contributed by atoms with van der Waals surface area (Å²) in [6.07, 6.45) is 0. The average molecular weight is 565 g/mol. The van der Waals surface area contributed by atoms with Gasteiger partial charge < -0.3 is 19.4 Å². The minimum absolute atomic E-state index is 0.0939. The Balaban J connectivity index is 1.28. The van der Waals surface area contributed by atoms with E-state index in [0.29, 0.717) is 24.1 Å². The zero-order valence-corrected chi connectivity index (χ0v) is 23.7. The highest BCUT2D eigenvalue weighted by Gasteiger charge is 2.19. The van der Waals surface area contributed by atoms with Crippen LogP contribution in [0.5, 0.6) is 5.75 Å². The normalized spacial score (nSPS) is 11.0. The van der Waals surface area contributed by atoms with Crippen LogP contribution >= 0.6 is 11.8 Å². The summed E-state index contributed by atoms with van der Waals surface area (Å²) >= 11 is 1.35. The third-order valence-corrected chi connectivity index (χ3v) is 7.51. The van der Waals surface area contributed by atoms with Crippen LogP contribution in [0.25, 0.3) is 11.1 Å². The summed E-state index contributed by atoms with van der Waals surface area (Å²) in [5, 5.41) is 12.6. The number of ether oxygens (including phenoxy) is 2. The summed E-state index contributed by atoms with van der Waals surface area (Å²) in [5.41, 5.74) is 4.13. The molecular weight excluding hydrogens is 532 g/mol. The van der Waals surface area contributed by atoms with Crippen LogP contribution in [0.3, 0.4) is 0 Å². The van der Waals surface area contributed by atoms with E-state index in [0.717, 1.165) is 28.0 Å². The van der Waals surface area contributed by atoms with Crippen molar-refractivity contribution in [2.75, 3.05) is 19.5 Å². The largest absolute Gasteiger partial charge is 0.485 e. The standard InChI is InChI=1S/C33H32N4O3S/c1-39-22-21-37-30(23-40-29-20-12-11-19-28(29)25-13-5-2-6-14-25)35-36-33(37)41-24-31(38)34-32(26-15-7-3-8-16-26)27-17-9-4-10-18-27/h2-20,32H,21-24H2,1H3,(H,34,38). The number of nitrogens with zero attached hydrogens (tertiary/aromatic N) is 3. The number of benzene rings is 4. The first-order chi connectivity index (χ1) is 20.2. The van der Waals surface area contributed by atoms with Crippen molar-refractivity contribution < 1.29 is 14.3 Å². The number of hydrogen-bond donors (Lipinski definition) is 1. The number of carbonyl (C=O) groups excluding carboxylic acids is 1. The van der Waals surface area contributed by atoms with Gasteiger partial charge in [-0.05, 0) is 22.8 Å². The molecule has 0 spiro atoms. The Kier molecular flexibility index (Phi) is 9.81. The summed E-state index contributed by atoms with van der Waals surface area (Å²) < 4.78 is 13.5. The molecule has 7 nitrogen and oxygen atoms in total. The van der Waals surface area contributed by atoms with Gasteiger partial charge in [0.15, 0.2) is 11.0 Å². The number of carbonyl (C=O) groups is 1. The first kappa shape index (κ1) is 28.1. The minimum atomic E-state index is -0.245. The molecule has 5 aromatic rings. The van der Waals surface area contributed by atoms with Gasteiger partial charge in [-0.2, -0.15) is 0 Å². The molecule has 4 aromatic carbocycles. The zero-order chi connectivity index (χ0) is 28.3. The zero-order valence-electron chi connectivity index (χ0n) is 22.9. The second-order valence-electron chi connectivity index (χ2n) is 9.30. The van der Waals surface area contributed by atoms with Gasteiger partial charge in [0.25, 0.3) is 0 Å². The van der Waals surface area contributed by atoms with Crippen LogP contribution in [-0.4, -0.2) is 40.1 Å². The van der Waals surface area contributed by atoms with Gasteiger partial charge in [-0.25, -0.2) is 0 Å². The van der Waals surface area contributed by atoms with E-state index in [1.165, 1.54) is 11.8 Å². The van der Waals surface area contributed by atoms with Crippen LogP contribution in [0.4, 0.5) is 0 Å². The van der Waals surface area contributed by atoms with Crippen molar-refractivity contribution in [3.63, 3.8) is 0 Å². The minimum Gasteiger partial charge on any atom is -0.485 e. The van der Waals surface area contributed by atoms with Crippen LogP contribution in [0.1, 0.15) is 23.0 Å². The van der Waals surface area contributed by atoms with Crippen molar-refractivity contribution in [1.82, 2.24) is 20.1 Å². The van der Waals surface area contributed by atoms with Gasteiger partial charge in [0, 0.05) is 19.2 Å². The van der Waals surface area contributed by atoms with Gasteiger partial charge in [-0.3, -0.25) is 4.79 Å². The second-order valence-corrected chi connectivity index (χ2v) is 10.2. The van der Waals surface area contributed by atoms with Gasteiger partial charge in [0.1, 0.15) is 12.4 Å². The Bertz CT molecular complexity index is 1490. The third-order valence-electron chi connectivity index (χ3n) is 6.54. The van der Waals surface area contributed by atoms with E-state index in [9.17, 15) is 4.79 Å². The van der Waals surface area contributed by atoms with Gasteiger partial charge in [-0.15, -0.1) is 10.2 Å². The molecule has 1 heterocycles. The summed E-state index contributed by atoms with van der Waals surface area (Å²) in [7, 11) is 1.66. The SMILES string of the molecule is COCCn1c(COc2ccccc2-c2ccccc2)nnc1SCC(=O)NC(c1ccccc1)c1ccccc1.